The maximum absolute atomic E-state index is 12.9. The van der Waals surface area contributed by atoms with E-state index in [1.165, 1.54) is 0 Å². The van der Waals surface area contributed by atoms with Crippen LogP contribution in [0.4, 0.5) is 0 Å². The van der Waals surface area contributed by atoms with Gasteiger partial charge in [-0.2, -0.15) is 0 Å². The molecule has 8 heteroatoms. The lowest BCUT2D eigenvalue weighted by molar-refractivity contribution is -0.128. The first-order valence-electron chi connectivity index (χ1n) is 11.5. The summed E-state index contributed by atoms with van der Waals surface area (Å²) in [6.45, 7) is 16.4. The zero-order valence-electron chi connectivity index (χ0n) is 21.2. The molecule has 0 aromatic heterocycles. The molecule has 0 aliphatic carbocycles. The molecular weight excluding hydrogens is 413 g/mol. The summed E-state index contributed by atoms with van der Waals surface area (Å²) in [5, 5.41) is 8.42. The van der Waals surface area contributed by atoms with Gasteiger partial charge in [0, 0.05) is 25.1 Å². The minimum absolute atomic E-state index is 0.000818. The molecule has 184 valence electrons. The van der Waals surface area contributed by atoms with Crippen molar-refractivity contribution < 1.29 is 19.1 Å². The fraction of sp³-hybridized carbons (Fsp3) is 0.913. The molecule has 0 fully saturated rings. The molecule has 3 atom stereocenters. The molecular formula is C23H48N3O4P. The third-order valence-electron chi connectivity index (χ3n) is 5.19. The van der Waals surface area contributed by atoms with E-state index in [4.69, 9.17) is 9.47 Å². The van der Waals surface area contributed by atoms with Gasteiger partial charge in [0.05, 0.1) is 23.5 Å². The van der Waals surface area contributed by atoms with E-state index in [1.54, 1.807) is 0 Å². The van der Waals surface area contributed by atoms with Gasteiger partial charge < -0.3 is 25.4 Å². The molecule has 3 unspecified atom stereocenters. The summed E-state index contributed by atoms with van der Waals surface area (Å²) in [7, 11) is 4.55. The molecule has 0 aliphatic rings. The van der Waals surface area contributed by atoms with Crippen molar-refractivity contribution in [1.82, 2.24) is 16.0 Å². The normalized spacial score (nSPS) is 15.3. The Bertz CT molecular complexity index is 539. The van der Waals surface area contributed by atoms with Crippen LogP contribution in [0.3, 0.4) is 0 Å². The Hall–Kier alpha value is -0.750. The van der Waals surface area contributed by atoms with Crippen LogP contribution in [0, 0.1) is 0 Å². The van der Waals surface area contributed by atoms with Gasteiger partial charge in [0.15, 0.2) is 0 Å². The van der Waals surface area contributed by atoms with Crippen molar-refractivity contribution in [2.45, 2.75) is 103 Å². The molecule has 0 aliphatic heterocycles. The molecule has 7 nitrogen and oxygen atoms in total. The van der Waals surface area contributed by atoms with Crippen LogP contribution in [-0.4, -0.2) is 67.6 Å². The third kappa shape index (κ3) is 14.8. The Morgan fingerprint density at radius 1 is 1.06 bits per heavy atom. The van der Waals surface area contributed by atoms with E-state index in [-0.39, 0.29) is 23.5 Å². The smallest absolute Gasteiger partial charge is 0.232 e. The van der Waals surface area contributed by atoms with Crippen molar-refractivity contribution in [3.05, 3.63) is 0 Å². The second-order valence-corrected chi connectivity index (χ2v) is 11.3. The van der Waals surface area contributed by atoms with Gasteiger partial charge in [-0.1, -0.05) is 6.92 Å². The summed E-state index contributed by atoms with van der Waals surface area (Å²) < 4.78 is 11.9. The number of hydrogen-bond acceptors (Lipinski definition) is 5. The number of amides is 2. The topological polar surface area (TPSA) is 88.7 Å². The molecule has 31 heavy (non-hydrogen) atoms. The van der Waals surface area contributed by atoms with Crippen molar-refractivity contribution >= 4 is 21.1 Å². The van der Waals surface area contributed by atoms with Crippen molar-refractivity contribution in [1.29, 1.82) is 0 Å². The number of carbonyl (C=O) groups excluding carboxylic acids is 2. The lowest BCUT2D eigenvalue weighted by atomic mass is 9.99. The third-order valence-corrected chi connectivity index (χ3v) is 5.62. The van der Waals surface area contributed by atoms with Crippen LogP contribution in [0.25, 0.3) is 0 Å². The van der Waals surface area contributed by atoms with Gasteiger partial charge in [0.1, 0.15) is 0 Å². The standard InChI is InChI=1S/C23H48N3O4P/c1-9-14-25-19(27)11-10-18(2)29-16-13-21(3,4)26-20(28)23(7,31)17-30-22(5,6)12-15-24-8/h18,24H,9-17,31H2,1-8H3,(H,25,27)(H,26,28). The molecule has 3 N–H and O–H groups in total. The first-order valence-corrected chi connectivity index (χ1v) is 12.1. The number of nitrogens with one attached hydrogen (secondary N) is 3. The second kappa shape index (κ2) is 14.4. The Labute approximate surface area is 192 Å². The van der Waals surface area contributed by atoms with E-state index in [1.807, 2.05) is 55.5 Å². The van der Waals surface area contributed by atoms with Gasteiger partial charge in [-0.3, -0.25) is 9.59 Å². The van der Waals surface area contributed by atoms with E-state index < -0.39 is 10.7 Å². The summed E-state index contributed by atoms with van der Waals surface area (Å²) in [5.74, 6) is 0.00791. The molecule has 0 heterocycles. The fourth-order valence-electron chi connectivity index (χ4n) is 2.71. The van der Waals surface area contributed by atoms with E-state index in [2.05, 4.69) is 25.2 Å². The van der Waals surface area contributed by atoms with Gasteiger partial charge in [-0.05, 0) is 80.8 Å². The number of ether oxygens (including phenoxy) is 2. The van der Waals surface area contributed by atoms with Crippen molar-refractivity contribution in [2.75, 3.05) is 33.4 Å². The quantitative estimate of drug-likeness (QED) is 0.290. The molecule has 0 aromatic rings. The van der Waals surface area contributed by atoms with Crippen molar-refractivity contribution in [3.8, 4) is 0 Å². The van der Waals surface area contributed by atoms with E-state index in [0.29, 0.717) is 32.5 Å². The molecule has 0 bridgehead atoms. The molecule has 0 radical (unpaired) electrons. The minimum atomic E-state index is -0.714. The van der Waals surface area contributed by atoms with E-state index in [0.717, 1.165) is 25.9 Å². The average molecular weight is 462 g/mol. The maximum Gasteiger partial charge on any atom is 0.232 e. The molecule has 0 rings (SSSR count). The molecule has 0 saturated heterocycles. The number of hydrogen-bond donors (Lipinski definition) is 3. The lowest BCUT2D eigenvalue weighted by Gasteiger charge is -2.34. The number of carbonyl (C=O) groups is 2. The highest BCUT2D eigenvalue weighted by molar-refractivity contribution is 7.21. The van der Waals surface area contributed by atoms with Crippen molar-refractivity contribution in [2.24, 2.45) is 0 Å². The molecule has 0 aromatic carbocycles. The van der Waals surface area contributed by atoms with Crippen molar-refractivity contribution in [3.63, 3.8) is 0 Å². The zero-order chi connectivity index (χ0) is 24.1. The van der Waals surface area contributed by atoms with Crippen LogP contribution >= 0.6 is 9.24 Å². The zero-order valence-corrected chi connectivity index (χ0v) is 22.3. The lowest BCUT2D eigenvalue weighted by Crippen LogP contribution is -2.53. The summed E-state index contributed by atoms with van der Waals surface area (Å²) in [6, 6.07) is 0. The highest BCUT2D eigenvalue weighted by atomic mass is 31.0. The summed E-state index contributed by atoms with van der Waals surface area (Å²) in [4.78, 5) is 24.6. The molecule has 0 spiro atoms. The Kier molecular flexibility index (Phi) is 14.1. The number of rotatable bonds is 17. The predicted octanol–water partition coefficient (Wildman–Crippen LogP) is 3.02. The Morgan fingerprint density at radius 2 is 1.71 bits per heavy atom. The highest BCUT2D eigenvalue weighted by Crippen LogP contribution is 2.24. The van der Waals surface area contributed by atoms with Crippen LogP contribution in [0.5, 0.6) is 0 Å². The monoisotopic (exact) mass is 461 g/mol. The van der Waals surface area contributed by atoms with Crippen LogP contribution in [-0.2, 0) is 19.1 Å². The van der Waals surface area contributed by atoms with Gasteiger partial charge in [-0.25, -0.2) is 0 Å². The van der Waals surface area contributed by atoms with Gasteiger partial charge >= 0.3 is 0 Å². The van der Waals surface area contributed by atoms with E-state index in [9.17, 15) is 9.59 Å². The molecule has 0 saturated carbocycles. The largest absolute Gasteiger partial charge is 0.378 e. The second-order valence-electron chi connectivity index (χ2n) is 9.98. The van der Waals surface area contributed by atoms with Crippen LogP contribution in [0.1, 0.15) is 80.6 Å². The maximum atomic E-state index is 12.9. The average Bonchev–Trinajstić information content (AvgIpc) is 2.67. The van der Waals surface area contributed by atoms with Crippen LogP contribution in [0.2, 0.25) is 0 Å². The summed E-state index contributed by atoms with van der Waals surface area (Å²) in [5.41, 5.74) is -0.706. The Balaban J connectivity index is 4.38. The molecule has 2 amide bonds. The van der Waals surface area contributed by atoms with Crippen LogP contribution < -0.4 is 16.0 Å². The fourth-order valence-corrected chi connectivity index (χ4v) is 2.86. The Morgan fingerprint density at radius 3 is 2.29 bits per heavy atom. The summed E-state index contributed by atoms with van der Waals surface area (Å²) >= 11 is 0. The first kappa shape index (κ1) is 30.2. The minimum Gasteiger partial charge on any atom is -0.378 e. The van der Waals surface area contributed by atoms with Gasteiger partial charge in [-0.15, -0.1) is 9.24 Å². The first-order chi connectivity index (χ1) is 14.2. The van der Waals surface area contributed by atoms with Gasteiger partial charge in [0.25, 0.3) is 0 Å². The van der Waals surface area contributed by atoms with Crippen LogP contribution in [0.15, 0.2) is 0 Å². The SMILES string of the molecule is CCCNC(=O)CCC(C)OCCC(C)(C)NC(=O)C(C)(P)COC(C)(C)CCNC. The highest BCUT2D eigenvalue weighted by Gasteiger charge is 2.34. The summed E-state index contributed by atoms with van der Waals surface area (Å²) in [6.07, 6.45) is 3.64. The predicted molar refractivity (Wildman–Crippen MR) is 131 cm³/mol. The van der Waals surface area contributed by atoms with Gasteiger partial charge in [0.2, 0.25) is 11.8 Å². The van der Waals surface area contributed by atoms with E-state index >= 15 is 0 Å².